The summed E-state index contributed by atoms with van der Waals surface area (Å²) in [4.78, 5) is 12.5. The third kappa shape index (κ3) is 3.47. The van der Waals surface area contributed by atoms with Crippen molar-refractivity contribution in [3.05, 3.63) is 44.9 Å². The van der Waals surface area contributed by atoms with Crippen molar-refractivity contribution in [3.63, 3.8) is 0 Å². The second-order valence-corrected chi connectivity index (χ2v) is 8.40. The Kier molecular flexibility index (Phi) is 5.51. The lowest BCUT2D eigenvalue weighted by atomic mass is 9.61. The highest BCUT2D eigenvalue weighted by atomic mass is 79.9. The number of hydrogen-bond acceptors (Lipinski definition) is 4. The van der Waals surface area contributed by atoms with Gasteiger partial charge < -0.3 is 5.32 Å². The molecule has 0 aromatic heterocycles. The second-order valence-electron chi connectivity index (χ2n) is 6.50. The van der Waals surface area contributed by atoms with Gasteiger partial charge >= 0.3 is 0 Å². The third-order valence-electron chi connectivity index (χ3n) is 5.06. The predicted molar refractivity (Wildman–Crippen MR) is 101 cm³/mol. The molecule has 0 bridgehead atoms. The van der Waals surface area contributed by atoms with Gasteiger partial charge in [-0.3, -0.25) is 4.79 Å². The Morgan fingerprint density at radius 3 is 2.48 bits per heavy atom. The molecule has 1 saturated carbocycles. The minimum Gasteiger partial charge on any atom is -0.319 e. The van der Waals surface area contributed by atoms with Crippen LogP contribution in [-0.4, -0.2) is 5.91 Å². The fourth-order valence-corrected chi connectivity index (χ4v) is 5.11. The highest BCUT2D eigenvalue weighted by Gasteiger charge is 2.51. The molecule has 1 N–H and O–H groups in total. The van der Waals surface area contributed by atoms with E-state index in [1.54, 1.807) is 0 Å². The zero-order chi connectivity index (χ0) is 17.9. The van der Waals surface area contributed by atoms with Crippen LogP contribution in [0.15, 0.2) is 39.3 Å². The molecule has 1 aliphatic heterocycles. The molecule has 6 heteroatoms. The van der Waals surface area contributed by atoms with Crippen molar-refractivity contribution in [1.82, 2.24) is 5.32 Å². The van der Waals surface area contributed by atoms with Crippen LogP contribution in [0.2, 0.25) is 0 Å². The average Bonchev–Trinajstić information content (AvgIpc) is 2.62. The number of nitrogens with zero attached hydrogens (tertiary/aromatic N) is 2. The Bertz CT molecular complexity index is 782. The van der Waals surface area contributed by atoms with Crippen LogP contribution in [0.4, 0.5) is 0 Å². The molecule has 3 rings (SSSR count). The number of amides is 1. The van der Waals surface area contributed by atoms with Gasteiger partial charge in [0.05, 0.1) is 22.7 Å². The molecule has 1 unspecified atom stereocenters. The molecular weight excluding hydrogens is 398 g/mol. The van der Waals surface area contributed by atoms with Crippen molar-refractivity contribution in [2.75, 3.05) is 0 Å². The van der Waals surface area contributed by atoms with Gasteiger partial charge in [0.2, 0.25) is 5.91 Å². The first-order chi connectivity index (χ1) is 12.1. The van der Waals surface area contributed by atoms with E-state index in [0.717, 1.165) is 42.1 Å². The average molecular weight is 416 g/mol. The maximum Gasteiger partial charge on any atom is 0.243 e. The summed E-state index contributed by atoms with van der Waals surface area (Å²) < 4.78 is 1.02. The molecule has 128 valence electrons. The minimum absolute atomic E-state index is 0.262. The van der Waals surface area contributed by atoms with Crippen LogP contribution >= 0.6 is 27.7 Å². The number of carbonyl (C=O) groups is 1. The van der Waals surface area contributed by atoms with E-state index in [-0.39, 0.29) is 5.91 Å². The molecule has 1 heterocycles. The van der Waals surface area contributed by atoms with Crippen molar-refractivity contribution in [1.29, 1.82) is 10.5 Å². The Morgan fingerprint density at radius 2 is 1.88 bits per heavy atom. The molecule has 1 atom stereocenters. The van der Waals surface area contributed by atoms with E-state index in [2.05, 4.69) is 33.4 Å². The number of allylic oxidation sites excluding steroid dienone is 1. The summed E-state index contributed by atoms with van der Waals surface area (Å²) in [6, 6.07) is 12.5. The zero-order valence-electron chi connectivity index (χ0n) is 13.7. The van der Waals surface area contributed by atoms with Crippen LogP contribution in [0.25, 0.3) is 0 Å². The first-order valence-electron chi connectivity index (χ1n) is 8.33. The third-order valence-corrected chi connectivity index (χ3v) is 6.66. The molecule has 1 amide bonds. The quantitative estimate of drug-likeness (QED) is 0.779. The van der Waals surface area contributed by atoms with Gasteiger partial charge in [-0.05, 0) is 30.5 Å². The molecule has 2 aliphatic rings. The second kappa shape index (κ2) is 7.64. The lowest BCUT2D eigenvalue weighted by Crippen LogP contribution is -2.48. The van der Waals surface area contributed by atoms with Crippen molar-refractivity contribution < 1.29 is 4.79 Å². The SMILES string of the molecule is N#CC1=C(SCc2ccc(Br)cc2)NC(=O)C(C#N)C12CCCCC2. The Balaban J connectivity index is 1.92. The van der Waals surface area contributed by atoms with Crippen LogP contribution < -0.4 is 5.32 Å². The van der Waals surface area contributed by atoms with Gasteiger partial charge in [-0.1, -0.05) is 47.3 Å². The summed E-state index contributed by atoms with van der Waals surface area (Å²) in [5.41, 5.74) is 1.11. The van der Waals surface area contributed by atoms with Gasteiger partial charge in [0.1, 0.15) is 5.92 Å². The number of nitriles is 2. The van der Waals surface area contributed by atoms with Crippen LogP contribution in [0.1, 0.15) is 37.7 Å². The van der Waals surface area contributed by atoms with Crippen molar-refractivity contribution in [2.45, 2.75) is 37.9 Å². The van der Waals surface area contributed by atoms with Gasteiger partial charge in [-0.15, -0.1) is 11.8 Å². The number of halogens is 1. The monoisotopic (exact) mass is 415 g/mol. The molecule has 0 radical (unpaired) electrons. The molecule has 1 aromatic rings. The Hall–Kier alpha value is -1.76. The lowest BCUT2D eigenvalue weighted by Gasteiger charge is -2.43. The molecule has 1 fully saturated rings. The van der Waals surface area contributed by atoms with E-state index >= 15 is 0 Å². The largest absolute Gasteiger partial charge is 0.319 e. The van der Waals surface area contributed by atoms with E-state index in [9.17, 15) is 15.3 Å². The fourth-order valence-electron chi connectivity index (χ4n) is 3.78. The number of rotatable bonds is 3. The Morgan fingerprint density at radius 1 is 1.20 bits per heavy atom. The summed E-state index contributed by atoms with van der Waals surface area (Å²) in [5.74, 6) is -0.359. The molecule has 1 aromatic carbocycles. The summed E-state index contributed by atoms with van der Waals surface area (Å²) in [5, 5.41) is 22.8. The van der Waals surface area contributed by atoms with E-state index in [1.165, 1.54) is 11.8 Å². The fraction of sp³-hybridized carbons (Fsp3) is 0.421. The van der Waals surface area contributed by atoms with Gasteiger partial charge in [-0.25, -0.2) is 0 Å². The highest BCUT2D eigenvalue weighted by molar-refractivity contribution is 9.10. The van der Waals surface area contributed by atoms with E-state index in [1.807, 2.05) is 24.3 Å². The normalized spacial score (nSPS) is 22.2. The molecule has 4 nitrogen and oxygen atoms in total. The standard InChI is InChI=1S/C19H18BrN3OS/c20-14-6-4-13(5-7-14)12-25-18-16(11-22)19(8-2-1-3-9-19)15(10-21)17(24)23-18/h4-7,15H,1-3,8-9,12H2,(H,23,24). The maximum absolute atomic E-state index is 12.5. The van der Waals surface area contributed by atoms with Crippen molar-refractivity contribution >= 4 is 33.6 Å². The first kappa shape index (κ1) is 18.0. The number of benzene rings is 1. The molecule has 25 heavy (non-hydrogen) atoms. The smallest absolute Gasteiger partial charge is 0.243 e. The predicted octanol–water partition coefficient (Wildman–Crippen LogP) is 4.64. The first-order valence-corrected chi connectivity index (χ1v) is 10.1. The summed E-state index contributed by atoms with van der Waals surface area (Å²) in [6.07, 6.45) is 4.50. The van der Waals surface area contributed by atoms with Gasteiger partial charge in [0.15, 0.2) is 0 Å². The molecule has 0 saturated heterocycles. The maximum atomic E-state index is 12.5. The minimum atomic E-state index is -0.764. The molecule has 1 aliphatic carbocycles. The van der Waals surface area contributed by atoms with Crippen molar-refractivity contribution in [3.8, 4) is 12.1 Å². The molecule has 1 spiro atoms. The molecular formula is C19H18BrN3OS. The topological polar surface area (TPSA) is 76.7 Å². The van der Waals surface area contributed by atoms with Gasteiger partial charge in [0.25, 0.3) is 0 Å². The zero-order valence-corrected chi connectivity index (χ0v) is 16.1. The number of nitrogens with one attached hydrogen (secondary N) is 1. The van der Waals surface area contributed by atoms with Gasteiger partial charge in [0, 0.05) is 15.6 Å². The van der Waals surface area contributed by atoms with E-state index in [0.29, 0.717) is 16.4 Å². The Labute approximate surface area is 160 Å². The summed E-state index contributed by atoms with van der Waals surface area (Å²) in [6.45, 7) is 0. The van der Waals surface area contributed by atoms with Crippen LogP contribution in [-0.2, 0) is 10.5 Å². The number of hydrogen-bond donors (Lipinski definition) is 1. The van der Waals surface area contributed by atoms with Crippen LogP contribution in [0, 0.1) is 34.0 Å². The number of carbonyl (C=O) groups excluding carboxylic acids is 1. The van der Waals surface area contributed by atoms with Crippen LogP contribution in [0.5, 0.6) is 0 Å². The van der Waals surface area contributed by atoms with Crippen molar-refractivity contribution in [2.24, 2.45) is 11.3 Å². The summed E-state index contributed by atoms with van der Waals surface area (Å²) in [7, 11) is 0. The number of thioether (sulfide) groups is 1. The highest BCUT2D eigenvalue weighted by Crippen LogP contribution is 2.52. The van der Waals surface area contributed by atoms with Gasteiger partial charge in [-0.2, -0.15) is 10.5 Å². The summed E-state index contributed by atoms with van der Waals surface area (Å²) >= 11 is 4.89. The van der Waals surface area contributed by atoms with E-state index < -0.39 is 11.3 Å². The van der Waals surface area contributed by atoms with E-state index in [4.69, 9.17) is 0 Å². The van der Waals surface area contributed by atoms with Crippen LogP contribution in [0.3, 0.4) is 0 Å². The lowest BCUT2D eigenvalue weighted by molar-refractivity contribution is -0.126.